The summed E-state index contributed by atoms with van der Waals surface area (Å²) < 4.78 is 5.33. The van der Waals surface area contributed by atoms with Crippen molar-refractivity contribution in [3.05, 3.63) is 36.0 Å². The van der Waals surface area contributed by atoms with Crippen molar-refractivity contribution < 1.29 is 14.3 Å². The summed E-state index contributed by atoms with van der Waals surface area (Å²) in [5, 5.41) is 1.02. The number of fused-ring (bicyclic) bond motifs is 3. The van der Waals surface area contributed by atoms with Gasteiger partial charge in [0, 0.05) is 29.7 Å². The summed E-state index contributed by atoms with van der Waals surface area (Å²) in [7, 11) is 0. The molecule has 1 saturated carbocycles. The molecule has 1 saturated heterocycles. The predicted octanol–water partition coefficient (Wildman–Crippen LogP) is 3.68. The van der Waals surface area contributed by atoms with Crippen molar-refractivity contribution in [1.82, 2.24) is 9.88 Å². The maximum Gasteiger partial charge on any atom is 0.310 e. The number of amides is 1. The molecule has 2 aliphatic rings. The number of aromatic nitrogens is 1. The monoisotopic (exact) mass is 368 g/mol. The van der Waals surface area contributed by atoms with E-state index in [0.717, 1.165) is 42.3 Å². The van der Waals surface area contributed by atoms with Crippen LogP contribution in [0.4, 0.5) is 0 Å². The van der Waals surface area contributed by atoms with Crippen LogP contribution in [0.5, 0.6) is 0 Å². The largest absolute Gasteiger partial charge is 0.455 e. The first kappa shape index (κ1) is 18.1. The van der Waals surface area contributed by atoms with E-state index in [1.165, 1.54) is 0 Å². The summed E-state index contributed by atoms with van der Waals surface area (Å²) in [6.45, 7) is 7.46. The third kappa shape index (κ3) is 3.60. The maximum atomic E-state index is 12.7. The third-order valence-corrected chi connectivity index (χ3v) is 6.10. The van der Waals surface area contributed by atoms with E-state index in [1.807, 2.05) is 35.4 Å². The van der Waals surface area contributed by atoms with E-state index < -0.39 is 0 Å². The van der Waals surface area contributed by atoms with Crippen LogP contribution >= 0.6 is 0 Å². The number of nitrogens with one attached hydrogen (secondary N) is 1. The molecular weight excluding hydrogens is 340 g/mol. The number of hydrogen-bond donors (Lipinski definition) is 1. The molecule has 5 heteroatoms. The highest BCUT2D eigenvalue weighted by Crippen LogP contribution is 2.52. The molecule has 27 heavy (non-hydrogen) atoms. The van der Waals surface area contributed by atoms with Gasteiger partial charge in [0.15, 0.2) is 6.61 Å². The van der Waals surface area contributed by atoms with Gasteiger partial charge in [-0.2, -0.15) is 0 Å². The molecule has 1 aromatic carbocycles. The number of para-hydroxylation sites is 1. The summed E-state index contributed by atoms with van der Waals surface area (Å²) in [5.74, 6) is -0.421. The number of likely N-dealkylation sites (tertiary alicyclic amines) is 1. The topological polar surface area (TPSA) is 62.4 Å². The van der Waals surface area contributed by atoms with Gasteiger partial charge < -0.3 is 14.6 Å². The molecule has 4 rings (SSSR count). The van der Waals surface area contributed by atoms with Crippen LogP contribution in [0.1, 0.15) is 45.6 Å². The standard InChI is InChI=1S/C22H28N2O3/c1-21(2)9-16-10-22(3,13-21)14-24(16)19(25)12-27-20(26)8-15-11-23-18-7-5-4-6-17(15)18/h4-7,11,16,23H,8-10,12-14H2,1-3H3. The lowest BCUT2D eigenvalue weighted by Gasteiger charge is -2.39. The van der Waals surface area contributed by atoms with E-state index >= 15 is 0 Å². The van der Waals surface area contributed by atoms with E-state index in [4.69, 9.17) is 4.74 Å². The van der Waals surface area contributed by atoms with Crippen LogP contribution in [-0.4, -0.2) is 41.0 Å². The van der Waals surface area contributed by atoms with Gasteiger partial charge in [-0.25, -0.2) is 0 Å². The van der Waals surface area contributed by atoms with E-state index in [-0.39, 0.29) is 41.8 Å². The molecule has 2 atom stereocenters. The van der Waals surface area contributed by atoms with Gasteiger partial charge in [-0.3, -0.25) is 9.59 Å². The van der Waals surface area contributed by atoms with Crippen LogP contribution in [0.25, 0.3) is 10.9 Å². The highest BCUT2D eigenvalue weighted by molar-refractivity contribution is 5.88. The van der Waals surface area contributed by atoms with Crippen molar-refractivity contribution in [3.8, 4) is 0 Å². The molecule has 2 fully saturated rings. The van der Waals surface area contributed by atoms with Gasteiger partial charge in [0.05, 0.1) is 6.42 Å². The fourth-order valence-corrected chi connectivity index (χ4v) is 5.46. The third-order valence-electron chi connectivity index (χ3n) is 6.10. The van der Waals surface area contributed by atoms with Crippen LogP contribution in [0.15, 0.2) is 30.5 Å². The quantitative estimate of drug-likeness (QED) is 0.838. The van der Waals surface area contributed by atoms with E-state index in [9.17, 15) is 9.59 Å². The number of carbonyl (C=O) groups is 2. The first-order valence-corrected chi connectivity index (χ1v) is 9.75. The Morgan fingerprint density at radius 1 is 1.22 bits per heavy atom. The Morgan fingerprint density at radius 2 is 2.00 bits per heavy atom. The summed E-state index contributed by atoms with van der Waals surface area (Å²) in [6.07, 6.45) is 5.23. The molecule has 1 amide bonds. The number of benzene rings is 1. The molecule has 2 heterocycles. The van der Waals surface area contributed by atoms with E-state index in [2.05, 4.69) is 25.8 Å². The normalized spacial score (nSPS) is 26.3. The zero-order valence-corrected chi connectivity index (χ0v) is 16.4. The Hall–Kier alpha value is -2.30. The maximum absolute atomic E-state index is 12.7. The van der Waals surface area contributed by atoms with Gasteiger partial charge in [0.1, 0.15) is 0 Å². The molecule has 1 aliphatic heterocycles. The van der Waals surface area contributed by atoms with Crippen molar-refractivity contribution in [2.24, 2.45) is 10.8 Å². The highest BCUT2D eigenvalue weighted by Gasteiger charge is 2.50. The molecule has 1 N–H and O–H groups in total. The van der Waals surface area contributed by atoms with Gasteiger partial charge in [-0.1, -0.05) is 39.0 Å². The SMILES string of the molecule is CC1(C)CC2CC(C)(CN2C(=O)COC(=O)Cc2c[nH]c3ccccc23)C1. The smallest absolute Gasteiger partial charge is 0.310 e. The Balaban J connectivity index is 1.35. The summed E-state index contributed by atoms with van der Waals surface area (Å²) in [6, 6.07) is 8.13. The van der Waals surface area contributed by atoms with Gasteiger partial charge in [0.25, 0.3) is 5.91 Å². The zero-order chi connectivity index (χ0) is 19.2. The van der Waals surface area contributed by atoms with Crippen molar-refractivity contribution >= 4 is 22.8 Å². The Morgan fingerprint density at radius 3 is 2.81 bits per heavy atom. The lowest BCUT2D eigenvalue weighted by molar-refractivity contribution is -0.152. The first-order chi connectivity index (χ1) is 12.7. The van der Waals surface area contributed by atoms with Crippen LogP contribution in [0.2, 0.25) is 0 Å². The summed E-state index contributed by atoms with van der Waals surface area (Å²) >= 11 is 0. The van der Waals surface area contributed by atoms with Gasteiger partial charge in [-0.15, -0.1) is 0 Å². The molecule has 1 aliphatic carbocycles. The predicted molar refractivity (Wildman–Crippen MR) is 104 cm³/mol. The fourth-order valence-electron chi connectivity index (χ4n) is 5.46. The second kappa shape index (κ2) is 6.39. The Bertz CT molecular complexity index is 885. The van der Waals surface area contributed by atoms with Crippen molar-refractivity contribution in [1.29, 1.82) is 0 Å². The van der Waals surface area contributed by atoms with Crippen LogP contribution < -0.4 is 0 Å². The highest BCUT2D eigenvalue weighted by atomic mass is 16.5. The second-order valence-electron chi connectivity index (χ2n) is 9.43. The molecule has 2 aromatic rings. The molecule has 144 valence electrons. The minimum absolute atomic E-state index is 0.0614. The minimum atomic E-state index is -0.359. The van der Waals surface area contributed by atoms with E-state index in [0.29, 0.717) is 0 Å². The Kier molecular flexibility index (Phi) is 4.28. The Labute approximate surface area is 160 Å². The number of nitrogens with zero attached hydrogens (tertiary/aromatic N) is 1. The second-order valence-corrected chi connectivity index (χ2v) is 9.43. The average molecular weight is 368 g/mol. The summed E-state index contributed by atoms with van der Waals surface area (Å²) in [5.41, 5.74) is 2.35. The number of aromatic amines is 1. The van der Waals surface area contributed by atoms with Crippen LogP contribution in [0, 0.1) is 10.8 Å². The van der Waals surface area contributed by atoms with Crippen molar-refractivity contribution in [3.63, 3.8) is 0 Å². The van der Waals surface area contributed by atoms with Gasteiger partial charge in [-0.05, 0) is 41.7 Å². The molecular formula is C22H28N2O3. The fraction of sp³-hybridized carbons (Fsp3) is 0.545. The number of esters is 1. The van der Waals surface area contributed by atoms with Crippen LogP contribution in [-0.2, 0) is 20.7 Å². The van der Waals surface area contributed by atoms with Gasteiger partial charge >= 0.3 is 5.97 Å². The molecule has 0 radical (unpaired) electrons. The lowest BCUT2D eigenvalue weighted by atomic mass is 9.65. The molecule has 1 aromatic heterocycles. The lowest BCUT2D eigenvalue weighted by Crippen LogP contribution is -2.39. The van der Waals surface area contributed by atoms with Gasteiger partial charge in [0.2, 0.25) is 0 Å². The van der Waals surface area contributed by atoms with E-state index in [1.54, 1.807) is 0 Å². The molecule has 5 nitrogen and oxygen atoms in total. The summed E-state index contributed by atoms with van der Waals surface area (Å²) in [4.78, 5) is 30.1. The first-order valence-electron chi connectivity index (χ1n) is 9.75. The molecule has 2 bridgehead atoms. The molecule has 0 spiro atoms. The number of H-pyrrole nitrogens is 1. The number of rotatable bonds is 4. The zero-order valence-electron chi connectivity index (χ0n) is 16.4. The number of carbonyl (C=O) groups excluding carboxylic acids is 2. The van der Waals surface area contributed by atoms with Crippen LogP contribution in [0.3, 0.4) is 0 Å². The number of ether oxygens (including phenoxy) is 1. The van der Waals surface area contributed by atoms with Crippen molar-refractivity contribution in [2.45, 2.75) is 52.5 Å². The molecule has 2 unspecified atom stereocenters. The van der Waals surface area contributed by atoms with Crippen molar-refractivity contribution in [2.75, 3.05) is 13.2 Å². The number of hydrogen-bond acceptors (Lipinski definition) is 3. The minimum Gasteiger partial charge on any atom is -0.455 e. The average Bonchev–Trinajstić information content (AvgIpc) is 3.10.